The number of pyridine rings is 1. The van der Waals surface area contributed by atoms with Crippen LogP contribution in [0.25, 0.3) is 5.65 Å². The van der Waals surface area contributed by atoms with Crippen LogP contribution in [0.15, 0.2) is 54.7 Å². The zero-order chi connectivity index (χ0) is 24.8. The Kier molecular flexibility index (Phi) is 8.18. The van der Waals surface area contributed by atoms with Crippen LogP contribution in [0.3, 0.4) is 0 Å². The van der Waals surface area contributed by atoms with Gasteiger partial charge in [0.25, 0.3) is 5.91 Å². The van der Waals surface area contributed by atoms with E-state index in [2.05, 4.69) is 36.3 Å². The molecule has 0 radical (unpaired) electrons. The van der Waals surface area contributed by atoms with Gasteiger partial charge in [0.15, 0.2) is 0 Å². The van der Waals surface area contributed by atoms with Gasteiger partial charge in [-0.3, -0.25) is 14.0 Å². The predicted molar refractivity (Wildman–Crippen MR) is 136 cm³/mol. The highest BCUT2D eigenvalue weighted by atomic mass is 16.5. The highest BCUT2D eigenvalue weighted by Gasteiger charge is 2.29. The molecule has 0 aliphatic carbocycles. The van der Waals surface area contributed by atoms with Gasteiger partial charge in [0.05, 0.1) is 24.8 Å². The first-order valence-electron chi connectivity index (χ1n) is 12.5. The number of hydrogen-bond acceptors (Lipinski definition) is 4. The summed E-state index contributed by atoms with van der Waals surface area (Å²) in [6, 6.07) is 16.0. The number of benzene rings is 1. The third-order valence-corrected chi connectivity index (χ3v) is 6.70. The van der Waals surface area contributed by atoms with Gasteiger partial charge in [0.1, 0.15) is 11.3 Å². The second-order valence-electron chi connectivity index (χ2n) is 9.83. The topological polar surface area (TPSA) is 75.9 Å². The van der Waals surface area contributed by atoms with Crippen LogP contribution in [0.4, 0.5) is 0 Å². The number of aromatic nitrogens is 2. The fourth-order valence-corrected chi connectivity index (χ4v) is 5.06. The Morgan fingerprint density at radius 2 is 1.94 bits per heavy atom. The summed E-state index contributed by atoms with van der Waals surface area (Å²) in [5.74, 6) is 0.679. The van der Waals surface area contributed by atoms with Crippen molar-refractivity contribution in [3.63, 3.8) is 0 Å². The molecule has 3 aromatic rings. The molecule has 1 saturated heterocycles. The molecule has 186 valence electrons. The molecule has 0 spiro atoms. The van der Waals surface area contributed by atoms with Crippen LogP contribution in [-0.4, -0.2) is 58.9 Å². The minimum Gasteiger partial charge on any atom is -0.383 e. The van der Waals surface area contributed by atoms with Crippen LogP contribution in [-0.2, 0) is 16.0 Å². The Bertz CT molecular complexity index is 1140. The van der Waals surface area contributed by atoms with E-state index in [4.69, 9.17) is 4.74 Å². The van der Waals surface area contributed by atoms with E-state index in [1.807, 2.05) is 41.4 Å². The lowest BCUT2D eigenvalue weighted by Crippen LogP contribution is -2.39. The molecule has 1 fully saturated rings. The average molecular weight is 477 g/mol. The summed E-state index contributed by atoms with van der Waals surface area (Å²) in [5, 5.41) is 3.13. The fraction of sp³-hybridized carbons (Fsp3) is 0.464. The molecule has 2 aromatic heterocycles. The molecule has 1 aliphatic heterocycles. The molecule has 1 aromatic carbocycles. The summed E-state index contributed by atoms with van der Waals surface area (Å²) in [7, 11) is 1.67. The lowest BCUT2D eigenvalue weighted by atomic mass is 9.90. The molecule has 0 bridgehead atoms. The molecule has 1 unspecified atom stereocenters. The van der Waals surface area contributed by atoms with Gasteiger partial charge in [0.2, 0.25) is 5.91 Å². The largest absolute Gasteiger partial charge is 0.383 e. The SMILES string of the molecule is COC[C@@H]1CCCN1C(=O)Cc1cn2c(C(=O)NCC(CC(C)C)c3ccccc3)cccc2n1. The lowest BCUT2D eigenvalue weighted by Gasteiger charge is -2.23. The van der Waals surface area contributed by atoms with Crippen LogP contribution in [0, 0.1) is 5.92 Å². The fourth-order valence-electron chi connectivity index (χ4n) is 5.06. The predicted octanol–water partition coefficient (Wildman–Crippen LogP) is 4.07. The maximum Gasteiger partial charge on any atom is 0.268 e. The molecule has 3 heterocycles. The smallest absolute Gasteiger partial charge is 0.268 e. The maximum atomic E-state index is 13.2. The van der Waals surface area contributed by atoms with Crippen molar-refractivity contribution in [2.45, 2.75) is 51.5 Å². The van der Waals surface area contributed by atoms with E-state index in [-0.39, 0.29) is 30.2 Å². The van der Waals surface area contributed by atoms with E-state index in [9.17, 15) is 9.59 Å². The Hall–Kier alpha value is -3.19. The molecule has 1 N–H and O–H groups in total. The van der Waals surface area contributed by atoms with Gasteiger partial charge >= 0.3 is 0 Å². The number of methoxy groups -OCH3 is 1. The number of imidazole rings is 1. The summed E-state index contributed by atoms with van der Waals surface area (Å²) < 4.78 is 7.06. The molecule has 35 heavy (non-hydrogen) atoms. The van der Waals surface area contributed by atoms with Gasteiger partial charge in [-0.05, 0) is 42.9 Å². The number of nitrogens with zero attached hydrogens (tertiary/aromatic N) is 3. The first kappa shape index (κ1) is 24.9. The molecule has 1 aliphatic rings. The normalized spacial score (nSPS) is 16.7. The van der Waals surface area contributed by atoms with Crippen molar-refractivity contribution < 1.29 is 14.3 Å². The highest BCUT2D eigenvalue weighted by molar-refractivity contribution is 5.93. The van der Waals surface area contributed by atoms with Crippen LogP contribution in [0.1, 0.15) is 60.8 Å². The van der Waals surface area contributed by atoms with Gasteiger partial charge in [-0.25, -0.2) is 4.98 Å². The number of carbonyl (C=O) groups is 2. The Morgan fingerprint density at radius 1 is 1.14 bits per heavy atom. The number of hydrogen-bond donors (Lipinski definition) is 1. The van der Waals surface area contributed by atoms with Crippen molar-refractivity contribution in [2.24, 2.45) is 5.92 Å². The highest BCUT2D eigenvalue weighted by Crippen LogP contribution is 2.23. The van der Waals surface area contributed by atoms with Gasteiger partial charge < -0.3 is 15.0 Å². The van der Waals surface area contributed by atoms with E-state index in [1.54, 1.807) is 17.6 Å². The summed E-state index contributed by atoms with van der Waals surface area (Å²) >= 11 is 0. The molecule has 2 atom stereocenters. The monoisotopic (exact) mass is 476 g/mol. The first-order chi connectivity index (χ1) is 17.0. The van der Waals surface area contributed by atoms with Crippen molar-refractivity contribution in [3.05, 3.63) is 71.7 Å². The minimum atomic E-state index is -0.143. The number of ether oxygens (including phenoxy) is 1. The van der Waals surface area contributed by atoms with E-state index in [0.717, 1.165) is 25.8 Å². The number of rotatable bonds is 10. The maximum absolute atomic E-state index is 13.2. The zero-order valence-corrected chi connectivity index (χ0v) is 20.9. The van der Waals surface area contributed by atoms with Gasteiger partial charge in [-0.1, -0.05) is 50.2 Å². The molecular weight excluding hydrogens is 440 g/mol. The van der Waals surface area contributed by atoms with Crippen LogP contribution in [0.2, 0.25) is 0 Å². The van der Waals surface area contributed by atoms with Crippen molar-refractivity contribution >= 4 is 17.5 Å². The molecule has 4 rings (SSSR count). The summed E-state index contributed by atoms with van der Waals surface area (Å²) in [6.45, 7) is 6.28. The Labute approximate surface area is 207 Å². The number of likely N-dealkylation sites (tertiary alicyclic amines) is 1. The van der Waals surface area contributed by atoms with Crippen LogP contribution >= 0.6 is 0 Å². The summed E-state index contributed by atoms with van der Waals surface area (Å²) in [6.07, 6.45) is 4.98. The van der Waals surface area contributed by atoms with Crippen molar-refractivity contribution in [1.29, 1.82) is 0 Å². The molecule has 7 nitrogen and oxygen atoms in total. The third kappa shape index (κ3) is 6.09. The van der Waals surface area contributed by atoms with E-state index in [0.29, 0.717) is 36.1 Å². The van der Waals surface area contributed by atoms with Crippen molar-refractivity contribution in [1.82, 2.24) is 19.6 Å². The van der Waals surface area contributed by atoms with E-state index in [1.165, 1.54) is 5.56 Å². The second-order valence-corrected chi connectivity index (χ2v) is 9.83. The number of amides is 2. The van der Waals surface area contributed by atoms with Crippen LogP contribution in [0.5, 0.6) is 0 Å². The van der Waals surface area contributed by atoms with Gasteiger partial charge in [0, 0.05) is 32.3 Å². The zero-order valence-electron chi connectivity index (χ0n) is 20.9. The lowest BCUT2D eigenvalue weighted by molar-refractivity contribution is -0.132. The second kappa shape index (κ2) is 11.5. The molecule has 2 amide bonds. The third-order valence-electron chi connectivity index (χ3n) is 6.70. The molecule has 0 saturated carbocycles. The first-order valence-corrected chi connectivity index (χ1v) is 12.5. The quantitative estimate of drug-likeness (QED) is 0.479. The average Bonchev–Trinajstić information content (AvgIpc) is 3.48. The van der Waals surface area contributed by atoms with Gasteiger partial charge in [-0.2, -0.15) is 0 Å². The Morgan fingerprint density at radius 3 is 2.69 bits per heavy atom. The number of carbonyl (C=O) groups excluding carboxylic acids is 2. The summed E-state index contributed by atoms with van der Waals surface area (Å²) in [5.41, 5.74) is 3.08. The number of nitrogens with one attached hydrogen (secondary N) is 1. The number of fused-ring (bicyclic) bond motifs is 1. The van der Waals surface area contributed by atoms with E-state index < -0.39 is 0 Å². The molecule has 7 heteroatoms. The Balaban J connectivity index is 1.46. The molecular formula is C28H36N4O3. The minimum absolute atomic E-state index is 0.0540. The van der Waals surface area contributed by atoms with Crippen LogP contribution < -0.4 is 5.32 Å². The standard InChI is InChI=1S/C28H36N4O3/c1-20(2)15-22(21-9-5-4-6-10-21)17-29-28(34)25-12-7-13-26-30-23(18-32(25)26)16-27(33)31-14-8-11-24(31)19-35-3/h4-7,9-10,12-13,18,20,22,24H,8,11,14-17,19H2,1-3H3,(H,29,34)/t22?,24-/m0/s1. The summed E-state index contributed by atoms with van der Waals surface area (Å²) in [4.78, 5) is 32.7. The van der Waals surface area contributed by atoms with Gasteiger partial charge in [-0.15, -0.1) is 0 Å². The van der Waals surface area contributed by atoms with Crippen molar-refractivity contribution in [3.8, 4) is 0 Å². The van der Waals surface area contributed by atoms with E-state index >= 15 is 0 Å². The van der Waals surface area contributed by atoms with Crippen molar-refractivity contribution in [2.75, 3.05) is 26.8 Å².